The van der Waals surface area contributed by atoms with Crippen LogP contribution in [0.2, 0.25) is 0 Å². The fraction of sp³-hybridized carbons (Fsp3) is 0.333. The average Bonchev–Trinajstić information content (AvgIpc) is 2.97. The molecule has 0 radical (unpaired) electrons. The Bertz CT molecular complexity index is 883. The van der Waals surface area contributed by atoms with Crippen LogP contribution in [0.1, 0.15) is 12.5 Å². The van der Waals surface area contributed by atoms with E-state index in [-0.39, 0.29) is 5.75 Å². The lowest BCUT2D eigenvalue weighted by molar-refractivity contribution is -0.105. The number of rotatable bonds is 9. The molecule has 26 heavy (non-hydrogen) atoms. The van der Waals surface area contributed by atoms with Gasteiger partial charge in [-0.05, 0) is 12.5 Å². The predicted molar refractivity (Wildman–Crippen MR) is 99.9 cm³/mol. The number of ether oxygens (including phenoxy) is 2. The summed E-state index contributed by atoms with van der Waals surface area (Å²) >= 11 is 1.25. The Labute approximate surface area is 155 Å². The zero-order valence-electron chi connectivity index (χ0n) is 14.7. The lowest BCUT2D eigenvalue weighted by Crippen LogP contribution is -2.05. The van der Waals surface area contributed by atoms with E-state index in [9.17, 15) is 4.79 Å². The van der Waals surface area contributed by atoms with Crippen LogP contribution in [0.15, 0.2) is 35.5 Å². The van der Waals surface area contributed by atoms with Crippen molar-refractivity contribution in [2.45, 2.75) is 18.5 Å². The number of hydrogen-bond donors (Lipinski definition) is 0. The van der Waals surface area contributed by atoms with Gasteiger partial charge in [0.25, 0.3) is 0 Å². The summed E-state index contributed by atoms with van der Waals surface area (Å²) in [7, 11) is 1.80. The van der Waals surface area contributed by atoms with Crippen molar-refractivity contribution in [2.24, 2.45) is 7.05 Å². The second kappa shape index (κ2) is 8.66. The third kappa shape index (κ3) is 4.13. The van der Waals surface area contributed by atoms with Gasteiger partial charge in [-0.2, -0.15) is 10.1 Å². The van der Waals surface area contributed by atoms with Gasteiger partial charge >= 0.3 is 0 Å². The number of aromatic nitrogens is 4. The number of nitrogens with zero attached hydrogens (tertiary/aromatic N) is 4. The molecule has 136 valence electrons. The second-order valence-electron chi connectivity index (χ2n) is 5.43. The van der Waals surface area contributed by atoms with Gasteiger partial charge in [-0.15, -0.1) is 0 Å². The Kier molecular flexibility index (Phi) is 6.06. The first-order chi connectivity index (χ1) is 12.7. The highest BCUT2D eigenvalue weighted by atomic mass is 32.2. The molecule has 0 atom stereocenters. The molecule has 0 unspecified atom stereocenters. The van der Waals surface area contributed by atoms with Crippen molar-refractivity contribution in [3.05, 3.63) is 35.9 Å². The summed E-state index contributed by atoms with van der Waals surface area (Å²) in [4.78, 5) is 19.5. The van der Waals surface area contributed by atoms with Crippen molar-refractivity contribution in [2.75, 3.05) is 19.0 Å². The summed E-state index contributed by atoms with van der Waals surface area (Å²) in [5, 5.41) is 4.91. The minimum absolute atomic E-state index is 0.279. The first-order valence-corrected chi connectivity index (χ1v) is 9.32. The van der Waals surface area contributed by atoms with E-state index < -0.39 is 0 Å². The van der Waals surface area contributed by atoms with Crippen LogP contribution in [0.25, 0.3) is 11.0 Å². The van der Waals surface area contributed by atoms with Crippen molar-refractivity contribution < 1.29 is 14.3 Å². The number of aldehydes is 1. The Balaban J connectivity index is 1.87. The van der Waals surface area contributed by atoms with Gasteiger partial charge in [0, 0.05) is 13.5 Å². The molecule has 0 aliphatic heterocycles. The standard InChI is InChI=1S/C18H20N4O3S/c1-3-24-16-14-15(19-18(20-16)26-12-10-23)17(22(2)21-14)25-11-9-13-7-5-4-6-8-13/h4-8,10H,3,9,11-12H2,1-2H3. The first-order valence-electron chi connectivity index (χ1n) is 8.33. The summed E-state index contributed by atoms with van der Waals surface area (Å²) in [6.45, 7) is 2.85. The van der Waals surface area contributed by atoms with E-state index in [1.54, 1.807) is 11.7 Å². The second-order valence-corrected chi connectivity index (χ2v) is 6.42. The van der Waals surface area contributed by atoms with Crippen LogP contribution in [0.5, 0.6) is 11.8 Å². The van der Waals surface area contributed by atoms with E-state index in [1.165, 1.54) is 17.3 Å². The van der Waals surface area contributed by atoms with E-state index in [2.05, 4.69) is 27.2 Å². The van der Waals surface area contributed by atoms with Crippen molar-refractivity contribution >= 4 is 29.1 Å². The monoisotopic (exact) mass is 372 g/mol. The van der Waals surface area contributed by atoms with E-state index in [0.29, 0.717) is 41.2 Å². The summed E-state index contributed by atoms with van der Waals surface area (Å²) in [6.07, 6.45) is 1.60. The minimum atomic E-state index is 0.279. The zero-order chi connectivity index (χ0) is 18.4. The lowest BCUT2D eigenvalue weighted by atomic mass is 10.2. The maximum absolute atomic E-state index is 10.7. The van der Waals surface area contributed by atoms with Crippen LogP contribution in [0.4, 0.5) is 0 Å². The molecule has 0 spiro atoms. The third-order valence-electron chi connectivity index (χ3n) is 3.61. The highest BCUT2D eigenvalue weighted by Gasteiger charge is 2.19. The summed E-state index contributed by atoms with van der Waals surface area (Å²) in [6, 6.07) is 10.1. The lowest BCUT2D eigenvalue weighted by Gasteiger charge is -2.07. The molecule has 2 heterocycles. The molecule has 8 heteroatoms. The molecular weight excluding hydrogens is 352 g/mol. The van der Waals surface area contributed by atoms with Gasteiger partial charge in [0.05, 0.1) is 19.0 Å². The number of thioether (sulfide) groups is 1. The molecule has 7 nitrogen and oxygen atoms in total. The molecule has 3 rings (SSSR count). The number of fused-ring (bicyclic) bond motifs is 1. The summed E-state index contributed by atoms with van der Waals surface area (Å²) < 4.78 is 13.2. The largest absolute Gasteiger partial charge is 0.476 e. The molecule has 0 aliphatic carbocycles. The van der Waals surface area contributed by atoms with Gasteiger partial charge in [0.2, 0.25) is 11.8 Å². The van der Waals surface area contributed by atoms with Crippen molar-refractivity contribution in [1.82, 2.24) is 19.7 Å². The van der Waals surface area contributed by atoms with Gasteiger partial charge in [-0.1, -0.05) is 42.1 Å². The van der Waals surface area contributed by atoms with Crippen molar-refractivity contribution in [1.29, 1.82) is 0 Å². The summed E-state index contributed by atoms with van der Waals surface area (Å²) in [5.41, 5.74) is 2.35. The molecule has 2 aromatic heterocycles. The molecule has 0 amide bonds. The Morgan fingerprint density at radius 2 is 1.96 bits per heavy atom. The van der Waals surface area contributed by atoms with E-state index in [0.717, 1.165) is 12.7 Å². The minimum Gasteiger partial charge on any atom is -0.476 e. The van der Waals surface area contributed by atoms with Crippen LogP contribution in [-0.2, 0) is 18.3 Å². The molecular formula is C18H20N4O3S. The molecule has 0 saturated heterocycles. The quantitative estimate of drug-likeness (QED) is 0.324. The SMILES string of the molecule is CCOc1nc(SCC=O)nc2c(OCCc3ccccc3)n(C)nc12. The zero-order valence-corrected chi connectivity index (χ0v) is 15.5. The molecule has 3 aromatic rings. The normalized spacial score (nSPS) is 10.8. The highest BCUT2D eigenvalue weighted by molar-refractivity contribution is 7.99. The third-order valence-corrected chi connectivity index (χ3v) is 4.36. The van der Waals surface area contributed by atoms with Crippen LogP contribution in [0, 0.1) is 0 Å². The maximum atomic E-state index is 10.7. The number of aryl methyl sites for hydroxylation is 1. The van der Waals surface area contributed by atoms with E-state index >= 15 is 0 Å². The average molecular weight is 372 g/mol. The van der Waals surface area contributed by atoms with Crippen LogP contribution in [-0.4, -0.2) is 45.0 Å². The number of hydrogen-bond acceptors (Lipinski definition) is 7. The molecule has 0 aliphatic rings. The van der Waals surface area contributed by atoms with Crippen LogP contribution < -0.4 is 9.47 Å². The van der Waals surface area contributed by atoms with Gasteiger partial charge < -0.3 is 14.3 Å². The maximum Gasteiger partial charge on any atom is 0.246 e. The van der Waals surface area contributed by atoms with Gasteiger partial charge in [0.1, 0.15) is 6.29 Å². The van der Waals surface area contributed by atoms with Gasteiger partial charge in [-0.3, -0.25) is 0 Å². The fourth-order valence-corrected chi connectivity index (χ4v) is 3.01. The molecule has 1 aromatic carbocycles. The number of benzene rings is 1. The Morgan fingerprint density at radius 1 is 1.15 bits per heavy atom. The van der Waals surface area contributed by atoms with E-state index in [1.807, 2.05) is 25.1 Å². The Morgan fingerprint density at radius 3 is 2.69 bits per heavy atom. The molecule has 0 fully saturated rings. The topological polar surface area (TPSA) is 79.1 Å². The molecule has 0 bridgehead atoms. The Hall–Kier alpha value is -2.61. The number of carbonyl (C=O) groups excluding carboxylic acids is 1. The fourth-order valence-electron chi connectivity index (χ4n) is 2.49. The predicted octanol–water partition coefficient (Wildman–Crippen LogP) is 2.67. The van der Waals surface area contributed by atoms with Crippen LogP contribution in [0.3, 0.4) is 0 Å². The first kappa shape index (κ1) is 18.2. The molecule has 0 N–H and O–H groups in total. The van der Waals surface area contributed by atoms with E-state index in [4.69, 9.17) is 9.47 Å². The molecule has 0 saturated carbocycles. The van der Waals surface area contributed by atoms with Crippen molar-refractivity contribution in [3.63, 3.8) is 0 Å². The van der Waals surface area contributed by atoms with Gasteiger partial charge in [0.15, 0.2) is 16.2 Å². The highest BCUT2D eigenvalue weighted by Crippen LogP contribution is 2.31. The smallest absolute Gasteiger partial charge is 0.246 e. The number of carbonyl (C=O) groups is 1. The van der Waals surface area contributed by atoms with Gasteiger partial charge in [-0.25, -0.2) is 9.67 Å². The van der Waals surface area contributed by atoms with Crippen LogP contribution >= 0.6 is 11.8 Å². The van der Waals surface area contributed by atoms with Crippen molar-refractivity contribution in [3.8, 4) is 11.8 Å². The summed E-state index contributed by atoms with van der Waals surface area (Å²) in [5.74, 6) is 1.24.